The average Bonchev–Trinajstić information content (AvgIpc) is 2.23. The Morgan fingerprint density at radius 2 is 1.87 bits per heavy atom. The number of halogens is 2. The molecule has 1 aromatic carbocycles. The first-order valence-electron chi connectivity index (χ1n) is 5.68. The second-order valence-corrected chi connectivity index (χ2v) is 5.17. The van der Waals surface area contributed by atoms with E-state index in [4.69, 9.17) is 11.6 Å². The van der Waals surface area contributed by atoms with Crippen molar-refractivity contribution < 1.29 is 0 Å². The molecule has 0 bridgehead atoms. The van der Waals surface area contributed by atoms with E-state index in [1.165, 1.54) is 37.7 Å². The first-order chi connectivity index (χ1) is 7.24. The predicted molar refractivity (Wildman–Crippen MR) is 71.6 cm³/mol. The molecule has 0 unspecified atom stereocenters. The van der Waals surface area contributed by atoms with Crippen molar-refractivity contribution in [2.45, 2.75) is 45.4 Å². The van der Waals surface area contributed by atoms with E-state index < -0.39 is 0 Å². The molecule has 0 amide bonds. The molecule has 0 heterocycles. The maximum Gasteiger partial charge on any atom is 0.0550 e. The van der Waals surface area contributed by atoms with Crippen LogP contribution in [0, 0.1) is 0 Å². The molecule has 0 radical (unpaired) electrons. The minimum absolute atomic E-state index is 0.820. The minimum atomic E-state index is 0.820. The van der Waals surface area contributed by atoms with E-state index >= 15 is 0 Å². The van der Waals surface area contributed by atoms with Crippen LogP contribution in [0.25, 0.3) is 0 Å². The van der Waals surface area contributed by atoms with Crippen LogP contribution in [0.1, 0.15) is 44.6 Å². The van der Waals surface area contributed by atoms with Gasteiger partial charge in [0.25, 0.3) is 0 Å². The van der Waals surface area contributed by atoms with Gasteiger partial charge in [0.15, 0.2) is 0 Å². The van der Waals surface area contributed by atoms with Crippen LogP contribution in [0.4, 0.5) is 0 Å². The highest BCUT2D eigenvalue weighted by molar-refractivity contribution is 9.10. The average molecular weight is 290 g/mol. The number of aryl methyl sites for hydroxylation is 1. The van der Waals surface area contributed by atoms with Gasteiger partial charge in [0.2, 0.25) is 0 Å². The van der Waals surface area contributed by atoms with E-state index in [0.29, 0.717) is 0 Å². The molecule has 84 valence electrons. The van der Waals surface area contributed by atoms with Crippen molar-refractivity contribution in [3.8, 4) is 0 Å². The van der Waals surface area contributed by atoms with Gasteiger partial charge in [-0.05, 0) is 46.5 Å². The summed E-state index contributed by atoms with van der Waals surface area (Å²) < 4.78 is 0.985. The van der Waals surface area contributed by atoms with Gasteiger partial charge in [-0.15, -0.1) is 0 Å². The van der Waals surface area contributed by atoms with Crippen LogP contribution in [0.5, 0.6) is 0 Å². The Morgan fingerprint density at radius 3 is 2.53 bits per heavy atom. The Bertz CT molecular complexity index is 297. The normalized spacial score (nSPS) is 10.6. The SMILES string of the molecule is CCCCCCCc1ccc(Br)c(Cl)c1. The van der Waals surface area contributed by atoms with Crippen LogP contribution < -0.4 is 0 Å². The zero-order valence-electron chi connectivity index (χ0n) is 9.23. The lowest BCUT2D eigenvalue weighted by atomic mass is 10.1. The van der Waals surface area contributed by atoms with Gasteiger partial charge in [-0.2, -0.15) is 0 Å². The Hall–Kier alpha value is -0.0100. The van der Waals surface area contributed by atoms with Gasteiger partial charge in [0.1, 0.15) is 0 Å². The fourth-order valence-corrected chi connectivity index (χ4v) is 2.08. The molecule has 0 aliphatic rings. The summed E-state index contributed by atoms with van der Waals surface area (Å²) in [5, 5.41) is 0.820. The second-order valence-electron chi connectivity index (χ2n) is 3.91. The standard InChI is InChI=1S/C13H18BrCl/c1-2-3-4-5-6-7-11-8-9-12(14)13(15)10-11/h8-10H,2-7H2,1H3. The number of hydrogen-bond donors (Lipinski definition) is 0. The molecule has 0 saturated heterocycles. The molecule has 0 saturated carbocycles. The molecule has 0 N–H and O–H groups in total. The molecule has 0 aromatic heterocycles. The summed E-state index contributed by atoms with van der Waals surface area (Å²) >= 11 is 9.43. The molecular formula is C13H18BrCl. The molecule has 0 fully saturated rings. The highest BCUT2D eigenvalue weighted by Crippen LogP contribution is 2.24. The van der Waals surface area contributed by atoms with E-state index in [1.807, 2.05) is 6.07 Å². The van der Waals surface area contributed by atoms with Gasteiger partial charge in [0.05, 0.1) is 5.02 Å². The molecule has 0 aliphatic carbocycles. The van der Waals surface area contributed by atoms with Crippen molar-refractivity contribution in [1.82, 2.24) is 0 Å². The molecule has 2 heteroatoms. The summed E-state index contributed by atoms with van der Waals surface area (Å²) in [5.74, 6) is 0. The Morgan fingerprint density at radius 1 is 1.13 bits per heavy atom. The monoisotopic (exact) mass is 288 g/mol. The molecule has 15 heavy (non-hydrogen) atoms. The van der Waals surface area contributed by atoms with Crippen molar-refractivity contribution in [3.05, 3.63) is 33.3 Å². The highest BCUT2D eigenvalue weighted by Gasteiger charge is 1.98. The Kier molecular flexibility index (Phi) is 6.35. The van der Waals surface area contributed by atoms with Crippen molar-refractivity contribution >= 4 is 27.5 Å². The molecule has 1 rings (SSSR count). The smallest absolute Gasteiger partial charge is 0.0550 e. The van der Waals surface area contributed by atoms with E-state index in [1.54, 1.807) is 0 Å². The van der Waals surface area contributed by atoms with Gasteiger partial charge < -0.3 is 0 Å². The van der Waals surface area contributed by atoms with E-state index in [0.717, 1.165) is 15.9 Å². The van der Waals surface area contributed by atoms with Crippen LogP contribution in [-0.2, 0) is 6.42 Å². The van der Waals surface area contributed by atoms with E-state index in [2.05, 4.69) is 35.0 Å². The Labute approximate surface area is 106 Å². The first kappa shape index (κ1) is 13.1. The lowest BCUT2D eigenvalue weighted by Gasteiger charge is -2.03. The first-order valence-corrected chi connectivity index (χ1v) is 6.85. The third-order valence-corrected chi connectivity index (χ3v) is 3.79. The summed E-state index contributed by atoms with van der Waals surface area (Å²) in [4.78, 5) is 0. The zero-order chi connectivity index (χ0) is 11.1. The molecular weight excluding hydrogens is 272 g/mol. The van der Waals surface area contributed by atoms with Crippen molar-refractivity contribution in [3.63, 3.8) is 0 Å². The molecule has 1 aromatic rings. The summed E-state index contributed by atoms with van der Waals surface area (Å²) in [5.41, 5.74) is 1.35. The fourth-order valence-electron chi connectivity index (χ4n) is 1.63. The number of unbranched alkanes of at least 4 members (excludes halogenated alkanes) is 4. The van der Waals surface area contributed by atoms with Gasteiger partial charge in [-0.3, -0.25) is 0 Å². The van der Waals surface area contributed by atoms with Crippen LogP contribution in [-0.4, -0.2) is 0 Å². The van der Waals surface area contributed by atoms with Crippen LogP contribution in [0.3, 0.4) is 0 Å². The fraction of sp³-hybridized carbons (Fsp3) is 0.538. The van der Waals surface area contributed by atoms with E-state index in [-0.39, 0.29) is 0 Å². The van der Waals surface area contributed by atoms with Crippen LogP contribution in [0.2, 0.25) is 5.02 Å². The zero-order valence-corrected chi connectivity index (χ0v) is 11.6. The van der Waals surface area contributed by atoms with Gasteiger partial charge in [0, 0.05) is 4.47 Å². The topological polar surface area (TPSA) is 0 Å². The number of benzene rings is 1. The number of rotatable bonds is 6. The van der Waals surface area contributed by atoms with Gasteiger partial charge in [-0.1, -0.05) is 50.3 Å². The third kappa shape index (κ3) is 5.03. The largest absolute Gasteiger partial charge is 0.0831 e. The summed E-state index contributed by atoms with van der Waals surface area (Å²) in [6.07, 6.45) is 7.79. The van der Waals surface area contributed by atoms with Crippen molar-refractivity contribution in [2.75, 3.05) is 0 Å². The molecule has 0 atom stereocenters. The number of hydrogen-bond acceptors (Lipinski definition) is 0. The third-order valence-electron chi connectivity index (χ3n) is 2.55. The van der Waals surface area contributed by atoms with Gasteiger partial charge >= 0.3 is 0 Å². The summed E-state index contributed by atoms with van der Waals surface area (Å²) in [6.45, 7) is 2.24. The van der Waals surface area contributed by atoms with Crippen molar-refractivity contribution in [2.24, 2.45) is 0 Å². The van der Waals surface area contributed by atoms with Crippen molar-refractivity contribution in [1.29, 1.82) is 0 Å². The Balaban J connectivity index is 2.28. The lowest BCUT2D eigenvalue weighted by Crippen LogP contribution is -1.86. The lowest BCUT2D eigenvalue weighted by molar-refractivity contribution is 0.632. The highest BCUT2D eigenvalue weighted by atomic mass is 79.9. The maximum atomic E-state index is 6.03. The molecule has 0 nitrogen and oxygen atoms in total. The summed E-state index contributed by atoms with van der Waals surface area (Å²) in [6, 6.07) is 6.24. The van der Waals surface area contributed by atoms with Gasteiger partial charge in [-0.25, -0.2) is 0 Å². The molecule has 0 aliphatic heterocycles. The minimum Gasteiger partial charge on any atom is -0.0831 e. The second kappa shape index (κ2) is 7.29. The van der Waals surface area contributed by atoms with E-state index in [9.17, 15) is 0 Å². The quantitative estimate of drug-likeness (QED) is 0.597. The van der Waals surface area contributed by atoms with Crippen LogP contribution in [0.15, 0.2) is 22.7 Å². The van der Waals surface area contributed by atoms with Crippen LogP contribution >= 0.6 is 27.5 Å². The maximum absolute atomic E-state index is 6.03. The molecule has 0 spiro atoms. The predicted octanol–water partition coefficient (Wildman–Crippen LogP) is 5.62. The summed E-state index contributed by atoms with van der Waals surface area (Å²) in [7, 11) is 0.